The fourth-order valence-electron chi connectivity index (χ4n) is 4.45. The zero-order valence-corrected chi connectivity index (χ0v) is 20.8. The van der Waals surface area contributed by atoms with Gasteiger partial charge in [0.05, 0.1) is 16.1 Å². The number of hydrogen-bond acceptors (Lipinski definition) is 6. The first kappa shape index (κ1) is 23.9. The molecule has 33 heavy (non-hydrogen) atoms. The van der Waals surface area contributed by atoms with Crippen molar-refractivity contribution in [3.63, 3.8) is 0 Å². The van der Waals surface area contributed by atoms with Crippen LogP contribution in [0.3, 0.4) is 0 Å². The molecule has 1 aromatic heterocycles. The van der Waals surface area contributed by atoms with E-state index in [1.165, 1.54) is 37.0 Å². The Morgan fingerprint density at radius 1 is 1.12 bits per heavy atom. The Hall–Kier alpha value is -2.27. The first-order valence-electron chi connectivity index (χ1n) is 11.5. The molecule has 2 aromatic rings. The maximum absolute atomic E-state index is 12.2. The largest absolute Gasteiger partial charge is 0.353 e. The van der Waals surface area contributed by atoms with Gasteiger partial charge in [-0.2, -0.15) is 5.26 Å². The van der Waals surface area contributed by atoms with Gasteiger partial charge >= 0.3 is 0 Å². The molecule has 0 bridgehead atoms. The van der Waals surface area contributed by atoms with Gasteiger partial charge < -0.3 is 9.80 Å². The van der Waals surface area contributed by atoms with E-state index in [-0.39, 0.29) is 5.91 Å². The van der Waals surface area contributed by atoms with E-state index in [0.717, 1.165) is 48.4 Å². The third-order valence-electron chi connectivity index (χ3n) is 6.31. The molecule has 0 radical (unpaired) electrons. The highest BCUT2D eigenvalue weighted by molar-refractivity contribution is 7.97. The lowest BCUT2D eigenvalue weighted by Crippen LogP contribution is -2.44. The molecule has 0 unspecified atom stereocenters. The van der Waals surface area contributed by atoms with Gasteiger partial charge in [-0.15, -0.1) is 0 Å². The van der Waals surface area contributed by atoms with Crippen LogP contribution < -0.4 is 4.90 Å². The van der Waals surface area contributed by atoms with Gasteiger partial charge in [-0.1, -0.05) is 48.9 Å². The lowest BCUT2D eigenvalue weighted by atomic mass is 10.0. The number of nitriles is 1. The molecule has 174 valence electrons. The molecule has 1 saturated carbocycles. The van der Waals surface area contributed by atoms with E-state index in [2.05, 4.69) is 20.3 Å². The molecule has 1 saturated heterocycles. The van der Waals surface area contributed by atoms with Gasteiger partial charge in [0, 0.05) is 57.3 Å². The summed E-state index contributed by atoms with van der Waals surface area (Å²) >= 11 is 8.42. The fourth-order valence-corrected chi connectivity index (χ4v) is 6.05. The van der Waals surface area contributed by atoms with Crippen LogP contribution in [0.15, 0.2) is 30.5 Å². The molecule has 4 rings (SSSR count). The quantitative estimate of drug-likeness (QED) is 0.553. The molecule has 2 heterocycles. The molecule has 6 nitrogen and oxygen atoms in total. The van der Waals surface area contributed by atoms with Gasteiger partial charge in [0.25, 0.3) is 5.91 Å². The second kappa shape index (κ2) is 10.8. The molecular weight excluding hydrogens is 454 g/mol. The standard InChI is InChI=1S/C25H30ClN5OS/c1-29(2)25(32)22-9-8-18(15-23(22)26)20-14-19(16-27)24(28-17-20)30-10-12-31(13-11-30)33-21-6-4-3-5-7-21/h8-9,14-15,17,21H,3-7,10-13H2,1-2H3. The van der Waals surface area contributed by atoms with Crippen molar-refractivity contribution in [3.8, 4) is 17.2 Å². The van der Waals surface area contributed by atoms with Crippen LogP contribution in [0.1, 0.15) is 48.0 Å². The highest BCUT2D eigenvalue weighted by Crippen LogP contribution is 2.33. The second-order valence-electron chi connectivity index (χ2n) is 8.88. The van der Waals surface area contributed by atoms with Gasteiger partial charge in [0.1, 0.15) is 11.9 Å². The molecule has 1 aromatic carbocycles. The van der Waals surface area contributed by atoms with Crippen molar-refractivity contribution in [1.29, 1.82) is 5.26 Å². The van der Waals surface area contributed by atoms with Crippen molar-refractivity contribution in [3.05, 3.63) is 46.6 Å². The summed E-state index contributed by atoms with van der Waals surface area (Å²) in [7, 11) is 3.39. The molecule has 2 fully saturated rings. The Bertz CT molecular complexity index is 1040. The summed E-state index contributed by atoms with van der Waals surface area (Å²) in [4.78, 5) is 20.6. The monoisotopic (exact) mass is 483 g/mol. The molecule has 1 aliphatic heterocycles. The van der Waals surface area contributed by atoms with Crippen molar-refractivity contribution in [2.24, 2.45) is 0 Å². The van der Waals surface area contributed by atoms with Crippen LogP contribution in [-0.4, -0.2) is 65.6 Å². The summed E-state index contributed by atoms with van der Waals surface area (Å²) in [6.45, 7) is 3.70. The predicted octanol–water partition coefficient (Wildman–Crippen LogP) is 5.08. The Kier molecular flexibility index (Phi) is 7.79. The maximum atomic E-state index is 12.2. The third-order valence-corrected chi connectivity index (χ3v) is 8.06. The molecule has 2 aliphatic rings. The Morgan fingerprint density at radius 2 is 1.85 bits per heavy atom. The Balaban J connectivity index is 1.45. The second-order valence-corrected chi connectivity index (χ2v) is 10.7. The van der Waals surface area contributed by atoms with E-state index in [0.29, 0.717) is 16.1 Å². The van der Waals surface area contributed by atoms with Gasteiger partial charge in [-0.05, 0) is 36.6 Å². The summed E-state index contributed by atoms with van der Waals surface area (Å²) in [5, 5.41) is 11.0. The van der Waals surface area contributed by atoms with E-state index in [1.54, 1.807) is 32.4 Å². The number of carbonyl (C=O) groups excluding carboxylic acids is 1. The van der Waals surface area contributed by atoms with E-state index in [9.17, 15) is 10.1 Å². The topological polar surface area (TPSA) is 63.5 Å². The van der Waals surface area contributed by atoms with Crippen LogP contribution in [0, 0.1) is 11.3 Å². The first-order chi connectivity index (χ1) is 16.0. The SMILES string of the molecule is CN(C)C(=O)c1ccc(-c2cnc(N3CCN(SC4CCCCC4)CC3)c(C#N)c2)cc1Cl. The van der Waals surface area contributed by atoms with Crippen LogP contribution >= 0.6 is 23.5 Å². The fraction of sp³-hybridized carbons (Fsp3) is 0.480. The van der Waals surface area contributed by atoms with Crippen molar-refractivity contribution in [1.82, 2.24) is 14.2 Å². The van der Waals surface area contributed by atoms with E-state index >= 15 is 0 Å². The number of benzene rings is 1. The molecule has 0 atom stereocenters. The Labute approximate surface area is 205 Å². The summed E-state index contributed by atoms with van der Waals surface area (Å²) in [5.41, 5.74) is 2.66. The van der Waals surface area contributed by atoms with Crippen LogP contribution in [0.4, 0.5) is 5.82 Å². The van der Waals surface area contributed by atoms with Gasteiger partial charge in [0.2, 0.25) is 0 Å². The average Bonchev–Trinajstić information content (AvgIpc) is 2.84. The van der Waals surface area contributed by atoms with Crippen molar-refractivity contribution in [2.45, 2.75) is 37.4 Å². The molecule has 1 aliphatic carbocycles. The minimum absolute atomic E-state index is 0.140. The van der Waals surface area contributed by atoms with E-state index < -0.39 is 0 Å². The number of carbonyl (C=O) groups is 1. The number of piperazine rings is 1. The minimum atomic E-state index is -0.140. The van der Waals surface area contributed by atoms with E-state index in [4.69, 9.17) is 11.6 Å². The smallest absolute Gasteiger partial charge is 0.254 e. The summed E-state index contributed by atoms with van der Waals surface area (Å²) in [6.07, 6.45) is 8.56. The number of hydrogen-bond donors (Lipinski definition) is 0. The zero-order chi connectivity index (χ0) is 23.4. The summed E-state index contributed by atoms with van der Waals surface area (Å²) in [5.74, 6) is 0.604. The molecule has 1 amide bonds. The number of pyridine rings is 1. The molecule has 0 N–H and O–H groups in total. The molecular formula is C25H30ClN5OS. The average molecular weight is 484 g/mol. The van der Waals surface area contributed by atoms with Crippen molar-refractivity contribution >= 4 is 35.3 Å². The van der Waals surface area contributed by atoms with Gasteiger partial charge in [-0.3, -0.25) is 4.79 Å². The van der Waals surface area contributed by atoms with Crippen LogP contribution in [-0.2, 0) is 0 Å². The summed E-state index contributed by atoms with van der Waals surface area (Å²) < 4.78 is 2.49. The number of nitrogens with zero attached hydrogens (tertiary/aromatic N) is 5. The van der Waals surface area contributed by atoms with Crippen LogP contribution in [0.5, 0.6) is 0 Å². The number of halogens is 1. The van der Waals surface area contributed by atoms with Crippen molar-refractivity contribution in [2.75, 3.05) is 45.2 Å². The highest BCUT2D eigenvalue weighted by Gasteiger charge is 2.24. The van der Waals surface area contributed by atoms with Gasteiger partial charge in [-0.25, -0.2) is 9.29 Å². The summed E-state index contributed by atoms with van der Waals surface area (Å²) in [6, 6.07) is 9.52. The lowest BCUT2D eigenvalue weighted by Gasteiger charge is -2.37. The van der Waals surface area contributed by atoms with Crippen LogP contribution in [0.25, 0.3) is 11.1 Å². The first-order valence-corrected chi connectivity index (χ1v) is 12.8. The minimum Gasteiger partial charge on any atom is -0.353 e. The Morgan fingerprint density at radius 3 is 2.48 bits per heavy atom. The molecule has 0 spiro atoms. The predicted molar refractivity (Wildman–Crippen MR) is 136 cm³/mol. The maximum Gasteiger partial charge on any atom is 0.254 e. The molecule has 8 heteroatoms. The van der Waals surface area contributed by atoms with E-state index in [1.807, 2.05) is 24.1 Å². The highest BCUT2D eigenvalue weighted by atomic mass is 35.5. The normalized spacial score (nSPS) is 17.6. The number of aromatic nitrogens is 1. The number of rotatable bonds is 5. The third kappa shape index (κ3) is 5.63. The number of amides is 1. The van der Waals surface area contributed by atoms with Crippen molar-refractivity contribution < 1.29 is 4.79 Å². The number of anilines is 1. The van der Waals surface area contributed by atoms with Gasteiger partial charge in [0.15, 0.2) is 0 Å². The lowest BCUT2D eigenvalue weighted by molar-refractivity contribution is 0.0828. The zero-order valence-electron chi connectivity index (χ0n) is 19.3. The van der Waals surface area contributed by atoms with Crippen LogP contribution in [0.2, 0.25) is 5.02 Å².